The van der Waals surface area contributed by atoms with Crippen molar-refractivity contribution in [2.45, 2.75) is 18.9 Å². The fourth-order valence-electron chi connectivity index (χ4n) is 1.30. The molecule has 0 radical (unpaired) electrons. The number of carboxylic acids is 1. The number of carbonyl (C=O) groups excluding carboxylic acids is 2. The van der Waals surface area contributed by atoms with Crippen LogP contribution >= 0.6 is 0 Å². The summed E-state index contributed by atoms with van der Waals surface area (Å²) in [6, 6.07) is -0.888. The number of carbonyl (C=O) groups is 3. The number of amides is 2. The van der Waals surface area contributed by atoms with Gasteiger partial charge in [-0.25, -0.2) is 0 Å². The fraction of sp³-hybridized carbons (Fsp3) is 0.625. The van der Waals surface area contributed by atoms with E-state index in [9.17, 15) is 14.4 Å². The van der Waals surface area contributed by atoms with Gasteiger partial charge in [0.15, 0.2) is 0 Å². The van der Waals surface area contributed by atoms with Crippen LogP contribution in [0.2, 0.25) is 0 Å². The summed E-state index contributed by atoms with van der Waals surface area (Å²) in [4.78, 5) is 33.9. The molecule has 1 fully saturated rings. The molecule has 2 amide bonds. The Labute approximate surface area is 80.9 Å². The smallest absolute Gasteiger partial charge is 0.322 e. The van der Waals surface area contributed by atoms with Crippen LogP contribution in [0.15, 0.2) is 0 Å². The second-order valence-corrected chi connectivity index (χ2v) is 3.08. The number of hydrogen-bond acceptors (Lipinski definition) is 4. The Morgan fingerprint density at radius 2 is 2.00 bits per heavy atom. The van der Waals surface area contributed by atoms with E-state index in [-0.39, 0.29) is 31.2 Å². The maximum atomic E-state index is 11.1. The zero-order valence-electron chi connectivity index (χ0n) is 7.82. The van der Waals surface area contributed by atoms with Gasteiger partial charge in [0.2, 0.25) is 11.8 Å². The molecule has 0 aromatic heterocycles. The van der Waals surface area contributed by atoms with E-state index >= 15 is 0 Å². The fourth-order valence-corrected chi connectivity index (χ4v) is 1.30. The van der Waals surface area contributed by atoms with Crippen LogP contribution in [0.3, 0.4) is 0 Å². The van der Waals surface area contributed by atoms with Crippen LogP contribution in [0, 0.1) is 0 Å². The van der Waals surface area contributed by atoms with Gasteiger partial charge in [-0.1, -0.05) is 0 Å². The summed E-state index contributed by atoms with van der Waals surface area (Å²) in [6.07, 6.45) is 0.379. The Hall–Kier alpha value is -1.43. The van der Waals surface area contributed by atoms with Crippen LogP contribution in [0.1, 0.15) is 12.8 Å². The Morgan fingerprint density at radius 1 is 1.50 bits per heavy atom. The first-order valence-corrected chi connectivity index (χ1v) is 4.29. The highest BCUT2D eigenvalue weighted by Gasteiger charge is 2.32. The zero-order chi connectivity index (χ0) is 10.7. The molecule has 1 saturated heterocycles. The summed E-state index contributed by atoms with van der Waals surface area (Å²) < 4.78 is 0. The van der Waals surface area contributed by atoms with Crippen molar-refractivity contribution in [3.63, 3.8) is 0 Å². The lowest BCUT2D eigenvalue weighted by molar-refractivity contribution is -0.143. The number of hydrogen-bond donors (Lipinski definition) is 2. The molecule has 6 nitrogen and oxygen atoms in total. The van der Waals surface area contributed by atoms with Gasteiger partial charge < -0.3 is 10.4 Å². The van der Waals surface area contributed by atoms with E-state index in [4.69, 9.17) is 5.11 Å². The highest BCUT2D eigenvalue weighted by molar-refractivity contribution is 6.02. The summed E-state index contributed by atoms with van der Waals surface area (Å²) in [5.74, 6) is -1.66. The molecule has 0 aliphatic carbocycles. The van der Waals surface area contributed by atoms with Crippen LogP contribution in [0.4, 0.5) is 0 Å². The van der Waals surface area contributed by atoms with Gasteiger partial charge in [0, 0.05) is 12.8 Å². The van der Waals surface area contributed by atoms with Crippen molar-refractivity contribution >= 4 is 17.8 Å². The average Bonchev–Trinajstić information content (AvgIpc) is 2.43. The van der Waals surface area contributed by atoms with Crippen LogP contribution in [-0.4, -0.2) is 47.4 Å². The van der Waals surface area contributed by atoms with E-state index in [1.165, 1.54) is 7.05 Å². The molecule has 0 aromatic rings. The van der Waals surface area contributed by atoms with Crippen molar-refractivity contribution in [3.05, 3.63) is 0 Å². The predicted octanol–water partition coefficient (Wildman–Crippen LogP) is -1.19. The SMILES string of the molecule is CNC(CN1C(=O)CCC1=O)C(=O)O. The summed E-state index contributed by atoms with van der Waals surface area (Å²) in [6.45, 7) is -0.0938. The lowest BCUT2D eigenvalue weighted by Gasteiger charge is -2.18. The molecule has 0 saturated carbocycles. The van der Waals surface area contributed by atoms with Gasteiger partial charge in [-0.15, -0.1) is 0 Å². The number of aliphatic carboxylic acids is 1. The summed E-state index contributed by atoms with van der Waals surface area (Å²) in [7, 11) is 1.48. The molecule has 0 aromatic carbocycles. The molecule has 14 heavy (non-hydrogen) atoms. The average molecular weight is 200 g/mol. The minimum Gasteiger partial charge on any atom is -0.480 e. The molecule has 6 heteroatoms. The molecule has 2 N–H and O–H groups in total. The lowest BCUT2D eigenvalue weighted by atomic mass is 10.3. The van der Waals surface area contributed by atoms with E-state index in [1.807, 2.05) is 0 Å². The molecule has 1 rings (SSSR count). The number of rotatable bonds is 4. The third kappa shape index (κ3) is 2.08. The molecule has 1 aliphatic heterocycles. The topological polar surface area (TPSA) is 86.7 Å². The molecule has 0 spiro atoms. The van der Waals surface area contributed by atoms with Crippen LogP contribution in [0.25, 0.3) is 0 Å². The normalized spacial score (nSPS) is 18.8. The van der Waals surface area contributed by atoms with Crippen molar-refractivity contribution < 1.29 is 19.5 Å². The van der Waals surface area contributed by atoms with Crippen molar-refractivity contribution in [2.75, 3.05) is 13.6 Å². The Balaban J connectivity index is 2.61. The van der Waals surface area contributed by atoms with Crippen molar-refractivity contribution in [1.82, 2.24) is 10.2 Å². The van der Waals surface area contributed by atoms with Crippen LogP contribution in [-0.2, 0) is 14.4 Å². The lowest BCUT2D eigenvalue weighted by Crippen LogP contribution is -2.46. The molecule has 1 heterocycles. The second kappa shape index (κ2) is 4.19. The standard InChI is InChI=1S/C8H12N2O4/c1-9-5(8(13)14)4-10-6(11)2-3-7(10)12/h5,9H,2-4H2,1H3,(H,13,14). The summed E-state index contributed by atoms with van der Waals surface area (Å²) in [5, 5.41) is 11.2. The van der Waals surface area contributed by atoms with Crippen molar-refractivity contribution in [1.29, 1.82) is 0 Å². The van der Waals surface area contributed by atoms with Gasteiger partial charge in [-0.2, -0.15) is 0 Å². The molecular formula is C8H12N2O4. The number of carboxylic acid groups (broad SMARTS) is 1. The van der Waals surface area contributed by atoms with Gasteiger partial charge >= 0.3 is 5.97 Å². The molecule has 1 unspecified atom stereocenters. The van der Waals surface area contributed by atoms with E-state index in [2.05, 4.69) is 5.32 Å². The van der Waals surface area contributed by atoms with Gasteiger partial charge in [0.25, 0.3) is 0 Å². The maximum Gasteiger partial charge on any atom is 0.322 e. The quantitative estimate of drug-likeness (QED) is 0.557. The van der Waals surface area contributed by atoms with Gasteiger partial charge in [0.1, 0.15) is 6.04 Å². The molecule has 1 atom stereocenters. The number of likely N-dealkylation sites (tertiary alicyclic amines) is 1. The Morgan fingerprint density at radius 3 is 2.36 bits per heavy atom. The zero-order valence-corrected chi connectivity index (χ0v) is 7.82. The van der Waals surface area contributed by atoms with Crippen molar-refractivity contribution in [3.8, 4) is 0 Å². The number of nitrogens with one attached hydrogen (secondary N) is 1. The first-order chi connectivity index (χ1) is 6.56. The first-order valence-electron chi connectivity index (χ1n) is 4.29. The summed E-state index contributed by atoms with van der Waals surface area (Å²) in [5.41, 5.74) is 0. The van der Waals surface area contributed by atoms with E-state index in [0.29, 0.717) is 0 Å². The maximum absolute atomic E-state index is 11.1. The number of nitrogens with zero attached hydrogens (tertiary/aromatic N) is 1. The predicted molar refractivity (Wildman–Crippen MR) is 46.4 cm³/mol. The van der Waals surface area contributed by atoms with E-state index in [1.54, 1.807) is 0 Å². The Bertz CT molecular complexity index is 261. The minimum atomic E-state index is -1.07. The molecule has 78 valence electrons. The van der Waals surface area contributed by atoms with Gasteiger partial charge in [-0.3, -0.25) is 19.3 Å². The summed E-state index contributed by atoms with van der Waals surface area (Å²) >= 11 is 0. The van der Waals surface area contributed by atoms with E-state index < -0.39 is 12.0 Å². The minimum absolute atomic E-state index is 0.0938. The number of likely N-dealkylation sites (N-methyl/N-ethyl adjacent to an activating group) is 1. The third-order valence-corrected chi connectivity index (χ3v) is 2.17. The molecule has 1 aliphatic rings. The third-order valence-electron chi connectivity index (χ3n) is 2.17. The molecular weight excluding hydrogens is 188 g/mol. The first kappa shape index (κ1) is 10.6. The van der Waals surface area contributed by atoms with Crippen LogP contribution < -0.4 is 5.32 Å². The van der Waals surface area contributed by atoms with Crippen molar-refractivity contribution in [2.24, 2.45) is 0 Å². The highest BCUT2D eigenvalue weighted by atomic mass is 16.4. The number of imide groups is 1. The Kier molecular flexibility index (Phi) is 3.19. The highest BCUT2D eigenvalue weighted by Crippen LogP contribution is 2.11. The van der Waals surface area contributed by atoms with Gasteiger partial charge in [0.05, 0.1) is 6.54 Å². The van der Waals surface area contributed by atoms with Gasteiger partial charge in [-0.05, 0) is 7.05 Å². The second-order valence-electron chi connectivity index (χ2n) is 3.08. The molecule has 0 bridgehead atoms. The largest absolute Gasteiger partial charge is 0.480 e. The monoisotopic (exact) mass is 200 g/mol. The van der Waals surface area contributed by atoms with Crippen LogP contribution in [0.5, 0.6) is 0 Å². The van der Waals surface area contributed by atoms with E-state index in [0.717, 1.165) is 4.90 Å².